The second kappa shape index (κ2) is 3.70. The summed E-state index contributed by atoms with van der Waals surface area (Å²) in [5, 5.41) is 0.774. The highest BCUT2D eigenvalue weighted by atomic mass is 35.5. The normalized spacial score (nSPS) is 15.3. The van der Waals surface area contributed by atoms with Gasteiger partial charge in [0, 0.05) is 6.04 Å². The first-order valence-corrected chi connectivity index (χ1v) is 5.26. The lowest BCUT2D eigenvalue weighted by molar-refractivity contribution is 0.303. The van der Waals surface area contributed by atoms with Crippen molar-refractivity contribution < 1.29 is 4.74 Å². The van der Waals surface area contributed by atoms with E-state index in [2.05, 4.69) is 18.7 Å². The van der Waals surface area contributed by atoms with Crippen LogP contribution in [0.25, 0.3) is 0 Å². The number of para-hydroxylation sites is 1. The van der Waals surface area contributed by atoms with Crippen molar-refractivity contribution in [2.24, 2.45) is 0 Å². The Hall–Kier alpha value is -0.890. The van der Waals surface area contributed by atoms with Crippen molar-refractivity contribution in [3.8, 4) is 5.75 Å². The van der Waals surface area contributed by atoms with E-state index in [1.165, 1.54) is 0 Å². The fraction of sp³-hybridized carbons (Fsp3) is 0.455. The van der Waals surface area contributed by atoms with Crippen LogP contribution in [0.3, 0.4) is 0 Å². The first-order valence-electron chi connectivity index (χ1n) is 4.88. The van der Waals surface area contributed by atoms with Crippen LogP contribution in [-0.2, 0) is 0 Å². The van der Waals surface area contributed by atoms with Gasteiger partial charge in [0.05, 0.1) is 17.3 Å². The number of nitrogens with zero attached hydrogens (tertiary/aromatic N) is 1. The molecule has 0 aromatic heterocycles. The number of halogens is 1. The highest BCUT2D eigenvalue weighted by molar-refractivity contribution is 6.33. The standard InChI is InChI=1S/C11H14ClNO/c1-8(2)13-6-7-14-10-5-3-4-9(12)11(10)13/h3-5,8H,6-7H2,1-2H3. The molecular weight excluding hydrogens is 198 g/mol. The van der Waals surface area contributed by atoms with E-state index in [4.69, 9.17) is 16.3 Å². The molecule has 1 aromatic rings. The van der Waals surface area contributed by atoms with Gasteiger partial charge in [0.2, 0.25) is 0 Å². The molecule has 0 atom stereocenters. The van der Waals surface area contributed by atoms with Gasteiger partial charge in [-0.25, -0.2) is 0 Å². The molecule has 0 aliphatic carbocycles. The van der Waals surface area contributed by atoms with Gasteiger partial charge in [0.25, 0.3) is 0 Å². The van der Waals surface area contributed by atoms with Crippen LogP contribution in [0, 0.1) is 0 Å². The fourth-order valence-electron chi connectivity index (χ4n) is 1.77. The summed E-state index contributed by atoms with van der Waals surface area (Å²) in [6.07, 6.45) is 0. The molecule has 0 saturated heterocycles. The third-order valence-corrected chi connectivity index (χ3v) is 2.76. The molecule has 14 heavy (non-hydrogen) atoms. The minimum Gasteiger partial charge on any atom is -0.490 e. The number of ether oxygens (including phenoxy) is 1. The minimum absolute atomic E-state index is 0.456. The van der Waals surface area contributed by atoms with Crippen LogP contribution >= 0.6 is 11.6 Å². The van der Waals surface area contributed by atoms with Gasteiger partial charge in [-0.1, -0.05) is 17.7 Å². The number of fused-ring (bicyclic) bond motifs is 1. The smallest absolute Gasteiger partial charge is 0.144 e. The quantitative estimate of drug-likeness (QED) is 0.708. The molecule has 3 heteroatoms. The van der Waals surface area contributed by atoms with E-state index < -0.39 is 0 Å². The van der Waals surface area contributed by atoms with Gasteiger partial charge in [-0.05, 0) is 26.0 Å². The van der Waals surface area contributed by atoms with Gasteiger partial charge >= 0.3 is 0 Å². The summed E-state index contributed by atoms with van der Waals surface area (Å²) in [4.78, 5) is 2.28. The fourth-order valence-corrected chi connectivity index (χ4v) is 2.05. The zero-order valence-corrected chi connectivity index (χ0v) is 9.21. The molecule has 2 rings (SSSR count). The van der Waals surface area contributed by atoms with Crippen LogP contribution in [0.15, 0.2) is 18.2 Å². The van der Waals surface area contributed by atoms with E-state index in [-0.39, 0.29) is 0 Å². The van der Waals surface area contributed by atoms with Crippen LogP contribution in [-0.4, -0.2) is 19.2 Å². The van der Waals surface area contributed by atoms with Crippen molar-refractivity contribution in [1.82, 2.24) is 0 Å². The Labute approximate surface area is 89.4 Å². The van der Waals surface area contributed by atoms with Gasteiger partial charge in [-0.15, -0.1) is 0 Å². The van der Waals surface area contributed by atoms with Crippen molar-refractivity contribution in [3.05, 3.63) is 23.2 Å². The summed E-state index contributed by atoms with van der Waals surface area (Å²) in [6, 6.07) is 6.25. The molecule has 1 heterocycles. The molecule has 0 radical (unpaired) electrons. The first-order chi connectivity index (χ1) is 6.70. The maximum atomic E-state index is 6.16. The Balaban J connectivity index is 2.47. The second-order valence-electron chi connectivity index (χ2n) is 3.72. The first kappa shape index (κ1) is 9.66. The van der Waals surface area contributed by atoms with Crippen molar-refractivity contribution in [1.29, 1.82) is 0 Å². The molecule has 0 amide bonds. The van der Waals surface area contributed by atoms with Crippen LogP contribution in [0.1, 0.15) is 13.8 Å². The molecular formula is C11H14ClNO. The zero-order chi connectivity index (χ0) is 10.1. The summed E-state index contributed by atoms with van der Waals surface area (Å²) in [5.74, 6) is 0.900. The molecule has 1 aliphatic heterocycles. The Bertz CT molecular complexity index is 338. The monoisotopic (exact) mass is 211 g/mol. The van der Waals surface area contributed by atoms with Crippen LogP contribution in [0.2, 0.25) is 5.02 Å². The third-order valence-electron chi connectivity index (χ3n) is 2.45. The Morgan fingerprint density at radius 1 is 1.43 bits per heavy atom. The number of rotatable bonds is 1. The van der Waals surface area contributed by atoms with Crippen LogP contribution in [0.5, 0.6) is 5.75 Å². The molecule has 0 bridgehead atoms. The van der Waals surface area contributed by atoms with Crippen molar-refractivity contribution >= 4 is 17.3 Å². The van der Waals surface area contributed by atoms with E-state index in [0.717, 1.165) is 29.6 Å². The molecule has 1 aromatic carbocycles. The molecule has 0 fully saturated rings. The summed E-state index contributed by atoms with van der Waals surface area (Å²) >= 11 is 6.16. The van der Waals surface area contributed by atoms with Gasteiger partial charge in [0.15, 0.2) is 0 Å². The van der Waals surface area contributed by atoms with Crippen molar-refractivity contribution in [2.75, 3.05) is 18.1 Å². The Kier molecular flexibility index (Phi) is 2.55. The maximum absolute atomic E-state index is 6.16. The minimum atomic E-state index is 0.456. The summed E-state index contributed by atoms with van der Waals surface area (Å²) in [5.41, 5.74) is 1.04. The predicted molar refractivity (Wildman–Crippen MR) is 59.4 cm³/mol. The highest BCUT2D eigenvalue weighted by Crippen LogP contribution is 2.38. The SMILES string of the molecule is CC(C)N1CCOc2cccc(Cl)c21. The van der Waals surface area contributed by atoms with Crippen LogP contribution in [0.4, 0.5) is 5.69 Å². The molecule has 76 valence electrons. The summed E-state index contributed by atoms with van der Waals surface area (Å²) in [7, 11) is 0. The van der Waals surface area contributed by atoms with E-state index in [0.29, 0.717) is 6.04 Å². The summed E-state index contributed by atoms with van der Waals surface area (Å²) < 4.78 is 5.56. The average molecular weight is 212 g/mol. The second-order valence-corrected chi connectivity index (χ2v) is 4.13. The molecule has 0 unspecified atom stereocenters. The van der Waals surface area contributed by atoms with Crippen LogP contribution < -0.4 is 9.64 Å². The number of anilines is 1. The average Bonchev–Trinajstić information content (AvgIpc) is 2.17. The number of hydrogen-bond acceptors (Lipinski definition) is 2. The lowest BCUT2D eigenvalue weighted by atomic mass is 10.2. The third kappa shape index (κ3) is 1.55. The Morgan fingerprint density at radius 3 is 2.93 bits per heavy atom. The summed E-state index contributed by atoms with van der Waals surface area (Å²) in [6.45, 7) is 5.98. The molecule has 0 spiro atoms. The zero-order valence-electron chi connectivity index (χ0n) is 8.46. The number of benzene rings is 1. The lowest BCUT2D eigenvalue weighted by Crippen LogP contribution is -2.38. The van der Waals surface area contributed by atoms with E-state index >= 15 is 0 Å². The van der Waals surface area contributed by atoms with Gasteiger partial charge < -0.3 is 9.64 Å². The van der Waals surface area contributed by atoms with Crippen molar-refractivity contribution in [3.63, 3.8) is 0 Å². The molecule has 1 aliphatic rings. The maximum Gasteiger partial charge on any atom is 0.144 e. The largest absolute Gasteiger partial charge is 0.490 e. The van der Waals surface area contributed by atoms with E-state index in [9.17, 15) is 0 Å². The predicted octanol–water partition coefficient (Wildman–Crippen LogP) is 2.95. The molecule has 0 N–H and O–H groups in total. The van der Waals surface area contributed by atoms with Gasteiger partial charge in [0.1, 0.15) is 12.4 Å². The lowest BCUT2D eigenvalue weighted by Gasteiger charge is -2.34. The molecule has 2 nitrogen and oxygen atoms in total. The van der Waals surface area contributed by atoms with E-state index in [1.54, 1.807) is 0 Å². The van der Waals surface area contributed by atoms with Gasteiger partial charge in [-0.3, -0.25) is 0 Å². The van der Waals surface area contributed by atoms with Crippen molar-refractivity contribution in [2.45, 2.75) is 19.9 Å². The highest BCUT2D eigenvalue weighted by Gasteiger charge is 2.22. The number of hydrogen-bond donors (Lipinski definition) is 0. The van der Waals surface area contributed by atoms with Gasteiger partial charge in [-0.2, -0.15) is 0 Å². The van der Waals surface area contributed by atoms with E-state index in [1.807, 2.05) is 18.2 Å². The topological polar surface area (TPSA) is 12.5 Å². The Morgan fingerprint density at radius 2 is 2.21 bits per heavy atom. The molecule has 0 saturated carbocycles.